The molecule has 0 aromatic carbocycles. The van der Waals surface area contributed by atoms with Gasteiger partial charge in [-0.25, -0.2) is 0 Å². The molecule has 3 aromatic rings. The Morgan fingerprint density at radius 3 is 1.41 bits per heavy atom. The highest BCUT2D eigenvalue weighted by atomic mass is 15.2. The molecule has 32 heavy (non-hydrogen) atoms. The van der Waals surface area contributed by atoms with Crippen LogP contribution in [-0.4, -0.2) is 44.9 Å². The van der Waals surface area contributed by atoms with Gasteiger partial charge >= 0.3 is 0 Å². The summed E-state index contributed by atoms with van der Waals surface area (Å²) in [5, 5.41) is 0. The van der Waals surface area contributed by atoms with E-state index in [0.29, 0.717) is 0 Å². The predicted octanol–water partition coefficient (Wildman–Crippen LogP) is 4.69. The van der Waals surface area contributed by atoms with Crippen LogP contribution in [0.1, 0.15) is 54.5 Å². The van der Waals surface area contributed by atoms with Crippen LogP contribution < -0.4 is 0 Å². The minimum atomic E-state index is 0.823. The number of pyridine rings is 3. The lowest BCUT2D eigenvalue weighted by atomic mass is 10.1. The molecular formula is C27H37N5. The molecule has 0 radical (unpaired) electrons. The molecular weight excluding hydrogens is 394 g/mol. The Kier molecular flexibility index (Phi) is 9.32. The van der Waals surface area contributed by atoms with Gasteiger partial charge in [-0.1, -0.05) is 20.8 Å². The normalized spacial score (nSPS) is 11.4. The van der Waals surface area contributed by atoms with Gasteiger partial charge in [-0.2, -0.15) is 0 Å². The summed E-state index contributed by atoms with van der Waals surface area (Å²) in [4.78, 5) is 18.6. The zero-order valence-corrected chi connectivity index (χ0v) is 20.1. The second-order valence-electron chi connectivity index (χ2n) is 8.48. The van der Waals surface area contributed by atoms with E-state index in [-0.39, 0.29) is 0 Å². The molecule has 5 heteroatoms. The predicted molar refractivity (Wildman–Crippen MR) is 131 cm³/mol. The fourth-order valence-electron chi connectivity index (χ4n) is 3.84. The maximum absolute atomic E-state index is 4.63. The molecule has 0 bridgehead atoms. The molecule has 0 atom stereocenters. The molecule has 3 rings (SSSR count). The Morgan fingerprint density at radius 1 is 0.594 bits per heavy atom. The van der Waals surface area contributed by atoms with Gasteiger partial charge in [0.05, 0.1) is 17.1 Å². The largest absolute Gasteiger partial charge is 0.299 e. The lowest BCUT2D eigenvalue weighted by molar-refractivity contribution is 0.204. The maximum Gasteiger partial charge on any atom is 0.0546 e. The van der Waals surface area contributed by atoms with E-state index in [0.717, 1.165) is 69.1 Å². The number of likely N-dealkylation sites (N-methyl/N-ethyl adjacent to an activating group) is 1. The Bertz CT molecular complexity index is 922. The standard InChI is InChI=1S/C27H37N5/c1-5-22-8-11-28-25(16-22)19-31(4)14-15-32(20-26-17-23(6-2)9-12-29-26)21-27-18-24(7-3)10-13-30-27/h8-13,16-18H,5-7,14-15,19-21H2,1-4H3. The summed E-state index contributed by atoms with van der Waals surface area (Å²) in [5.74, 6) is 0. The third kappa shape index (κ3) is 7.50. The first-order valence-electron chi connectivity index (χ1n) is 11.8. The number of nitrogens with zero attached hydrogens (tertiary/aromatic N) is 5. The van der Waals surface area contributed by atoms with Crippen LogP contribution in [0.2, 0.25) is 0 Å². The summed E-state index contributed by atoms with van der Waals surface area (Å²) in [6, 6.07) is 13.0. The molecule has 0 spiro atoms. The zero-order valence-electron chi connectivity index (χ0n) is 20.1. The highest BCUT2D eigenvalue weighted by Gasteiger charge is 2.12. The molecule has 0 saturated carbocycles. The van der Waals surface area contributed by atoms with Crippen molar-refractivity contribution in [3.05, 3.63) is 88.8 Å². The van der Waals surface area contributed by atoms with Crippen LogP contribution in [0, 0.1) is 0 Å². The van der Waals surface area contributed by atoms with Crippen molar-refractivity contribution in [1.82, 2.24) is 24.8 Å². The van der Waals surface area contributed by atoms with E-state index in [4.69, 9.17) is 0 Å². The number of rotatable bonds is 12. The summed E-state index contributed by atoms with van der Waals surface area (Å²) in [7, 11) is 2.17. The molecule has 0 saturated heterocycles. The number of aromatic nitrogens is 3. The van der Waals surface area contributed by atoms with Crippen LogP contribution in [0.3, 0.4) is 0 Å². The maximum atomic E-state index is 4.63. The molecule has 0 N–H and O–H groups in total. The van der Waals surface area contributed by atoms with Crippen LogP contribution in [0.4, 0.5) is 0 Å². The van der Waals surface area contributed by atoms with E-state index < -0.39 is 0 Å². The van der Waals surface area contributed by atoms with Gasteiger partial charge in [0.25, 0.3) is 0 Å². The number of hydrogen-bond donors (Lipinski definition) is 0. The van der Waals surface area contributed by atoms with Gasteiger partial charge < -0.3 is 0 Å². The summed E-state index contributed by atoms with van der Waals surface area (Å²) in [5.41, 5.74) is 7.38. The van der Waals surface area contributed by atoms with Gasteiger partial charge in [-0.15, -0.1) is 0 Å². The van der Waals surface area contributed by atoms with Crippen molar-refractivity contribution >= 4 is 0 Å². The van der Waals surface area contributed by atoms with Crippen molar-refractivity contribution in [2.24, 2.45) is 0 Å². The van der Waals surface area contributed by atoms with Gasteiger partial charge in [-0.3, -0.25) is 24.8 Å². The SMILES string of the molecule is CCc1ccnc(CN(C)CCN(Cc2cc(CC)ccn2)Cc2cc(CC)ccn2)c1. The minimum absolute atomic E-state index is 0.823. The highest BCUT2D eigenvalue weighted by Crippen LogP contribution is 2.12. The van der Waals surface area contributed by atoms with E-state index >= 15 is 0 Å². The zero-order chi connectivity index (χ0) is 22.8. The van der Waals surface area contributed by atoms with Gasteiger partial charge in [0.1, 0.15) is 0 Å². The molecule has 0 amide bonds. The first kappa shape index (κ1) is 24.0. The van der Waals surface area contributed by atoms with Crippen LogP contribution in [0.5, 0.6) is 0 Å². The molecule has 0 aliphatic heterocycles. The first-order chi connectivity index (χ1) is 15.6. The molecule has 0 fully saturated rings. The van der Waals surface area contributed by atoms with Crippen molar-refractivity contribution in [3.63, 3.8) is 0 Å². The van der Waals surface area contributed by atoms with Gasteiger partial charge in [0.2, 0.25) is 0 Å². The van der Waals surface area contributed by atoms with Crippen LogP contribution in [0.25, 0.3) is 0 Å². The second-order valence-corrected chi connectivity index (χ2v) is 8.48. The first-order valence-corrected chi connectivity index (χ1v) is 11.8. The smallest absolute Gasteiger partial charge is 0.0546 e. The molecule has 0 aliphatic carbocycles. The minimum Gasteiger partial charge on any atom is -0.299 e. The second kappa shape index (κ2) is 12.4. The van der Waals surface area contributed by atoms with Crippen LogP contribution in [-0.2, 0) is 38.9 Å². The molecule has 3 heterocycles. The van der Waals surface area contributed by atoms with E-state index in [1.165, 1.54) is 16.7 Å². The lowest BCUT2D eigenvalue weighted by Gasteiger charge is -2.25. The fourth-order valence-corrected chi connectivity index (χ4v) is 3.84. The summed E-state index contributed by atoms with van der Waals surface area (Å²) >= 11 is 0. The Labute approximate surface area is 193 Å². The van der Waals surface area contributed by atoms with E-state index in [2.05, 4.69) is 89.0 Å². The van der Waals surface area contributed by atoms with E-state index in [9.17, 15) is 0 Å². The van der Waals surface area contributed by atoms with Crippen molar-refractivity contribution in [2.45, 2.75) is 59.7 Å². The monoisotopic (exact) mass is 431 g/mol. The average Bonchev–Trinajstić information content (AvgIpc) is 2.83. The fraction of sp³-hybridized carbons (Fsp3) is 0.444. The lowest BCUT2D eigenvalue weighted by Crippen LogP contribution is -2.33. The van der Waals surface area contributed by atoms with Crippen LogP contribution >= 0.6 is 0 Å². The summed E-state index contributed by atoms with van der Waals surface area (Å²) in [6.07, 6.45) is 8.89. The van der Waals surface area contributed by atoms with E-state index in [1.807, 2.05) is 18.6 Å². The average molecular weight is 432 g/mol. The Hall–Kier alpha value is -2.63. The third-order valence-corrected chi connectivity index (χ3v) is 5.87. The molecule has 170 valence electrons. The van der Waals surface area contributed by atoms with Crippen molar-refractivity contribution < 1.29 is 0 Å². The third-order valence-electron chi connectivity index (χ3n) is 5.87. The molecule has 5 nitrogen and oxygen atoms in total. The van der Waals surface area contributed by atoms with Crippen molar-refractivity contribution in [3.8, 4) is 0 Å². The Balaban J connectivity index is 1.67. The summed E-state index contributed by atoms with van der Waals surface area (Å²) < 4.78 is 0. The molecule has 3 aromatic heterocycles. The van der Waals surface area contributed by atoms with Crippen LogP contribution in [0.15, 0.2) is 55.0 Å². The highest BCUT2D eigenvalue weighted by molar-refractivity contribution is 5.18. The van der Waals surface area contributed by atoms with Crippen molar-refractivity contribution in [2.75, 3.05) is 20.1 Å². The summed E-state index contributed by atoms with van der Waals surface area (Å²) in [6.45, 7) is 11.0. The Morgan fingerprint density at radius 2 is 1.00 bits per heavy atom. The number of aryl methyl sites for hydroxylation is 3. The van der Waals surface area contributed by atoms with Gasteiger partial charge in [-0.05, 0) is 79.4 Å². The van der Waals surface area contributed by atoms with Crippen molar-refractivity contribution in [1.29, 1.82) is 0 Å². The number of hydrogen-bond acceptors (Lipinski definition) is 5. The topological polar surface area (TPSA) is 45.2 Å². The molecule has 0 unspecified atom stereocenters. The quantitative estimate of drug-likeness (QED) is 0.416. The van der Waals surface area contributed by atoms with E-state index in [1.54, 1.807) is 0 Å². The van der Waals surface area contributed by atoms with Gasteiger partial charge in [0.15, 0.2) is 0 Å². The van der Waals surface area contributed by atoms with Gasteiger partial charge in [0, 0.05) is 51.3 Å². The molecule has 0 aliphatic rings.